The molecule has 4 atom stereocenters. The Labute approximate surface area is 295 Å². The molecule has 18 heteroatoms. The fourth-order valence-corrected chi connectivity index (χ4v) is 8.49. The molecule has 0 saturated heterocycles. The maximum Gasteiger partial charge on any atom is 0.253 e. The Morgan fingerprint density at radius 3 is 1.44 bits per heavy atom. The first-order valence-electron chi connectivity index (χ1n) is 16.8. The number of nitrogens with two attached hydrogens (primary N) is 4. The standard InChI is InChI=1S/C32H42N12O4S2/c33-29(34)43-31-41-19(13-49-31)15-5-3-7-17(11-15)39-23-21(25(45)27(23)47)37-9-1-2-10-38-22-24(28(48)26(22)46)40-18-8-4-6-16(12-18)20-14-50-32(42-20)44-30(35)36/h13-18,37-40H,1-12H2,(H4,33,34,41,43)(H4,35,36,42,44). The van der Waals surface area contributed by atoms with E-state index in [1.165, 1.54) is 22.7 Å². The van der Waals surface area contributed by atoms with Crippen LogP contribution in [0.25, 0.3) is 0 Å². The van der Waals surface area contributed by atoms with Gasteiger partial charge < -0.3 is 44.2 Å². The fourth-order valence-electron chi connectivity index (χ4n) is 6.91. The first-order valence-corrected chi connectivity index (χ1v) is 18.6. The van der Waals surface area contributed by atoms with Crippen molar-refractivity contribution >= 4 is 67.6 Å². The van der Waals surface area contributed by atoms with E-state index in [2.05, 4.69) is 41.2 Å². The summed E-state index contributed by atoms with van der Waals surface area (Å²) in [5.41, 5.74) is 23.0. The molecule has 0 amide bonds. The number of nitrogens with one attached hydrogen (secondary N) is 4. The summed E-state index contributed by atoms with van der Waals surface area (Å²) in [6.45, 7) is 0.950. The van der Waals surface area contributed by atoms with Gasteiger partial charge in [-0.3, -0.25) is 19.2 Å². The second-order valence-corrected chi connectivity index (χ2v) is 14.6. The first-order chi connectivity index (χ1) is 24.1. The van der Waals surface area contributed by atoms with Crippen LogP contribution in [0.2, 0.25) is 0 Å². The van der Waals surface area contributed by atoms with Crippen molar-refractivity contribution in [2.45, 2.75) is 88.1 Å². The number of thiazole rings is 2. The van der Waals surface area contributed by atoms with Crippen molar-refractivity contribution < 1.29 is 0 Å². The number of unbranched alkanes of at least 4 members (excludes halogenated alkanes) is 1. The third kappa shape index (κ3) is 7.96. The minimum atomic E-state index is -0.521. The normalized spacial score (nSPS) is 20.7. The van der Waals surface area contributed by atoms with Gasteiger partial charge >= 0.3 is 0 Å². The van der Waals surface area contributed by atoms with E-state index in [4.69, 9.17) is 22.9 Å². The van der Waals surface area contributed by atoms with Gasteiger partial charge in [0.2, 0.25) is 10.3 Å². The quantitative estimate of drug-likeness (QED) is 0.0378. The number of rotatable bonds is 15. The van der Waals surface area contributed by atoms with Gasteiger partial charge in [-0.15, -0.1) is 22.7 Å². The predicted molar refractivity (Wildman–Crippen MR) is 201 cm³/mol. The van der Waals surface area contributed by atoms with Crippen molar-refractivity contribution in [3.63, 3.8) is 0 Å². The van der Waals surface area contributed by atoms with Crippen LogP contribution < -0.4 is 65.9 Å². The summed E-state index contributed by atoms with van der Waals surface area (Å²) in [5.74, 6) is 0.338. The van der Waals surface area contributed by atoms with Crippen LogP contribution in [0.4, 0.5) is 33.0 Å². The lowest BCUT2D eigenvalue weighted by Gasteiger charge is -2.30. The zero-order chi connectivity index (χ0) is 35.4. The predicted octanol–water partition coefficient (Wildman–Crippen LogP) is 2.18. The summed E-state index contributed by atoms with van der Waals surface area (Å²) in [6, 6.07) is 0.0637. The van der Waals surface area contributed by atoms with Gasteiger partial charge in [0.05, 0.1) is 11.4 Å². The van der Waals surface area contributed by atoms with Crippen molar-refractivity contribution in [1.29, 1.82) is 0 Å². The Bertz CT molecular complexity index is 1870. The van der Waals surface area contributed by atoms with Crippen LogP contribution >= 0.6 is 22.7 Å². The Balaban J connectivity index is 0.946. The van der Waals surface area contributed by atoms with Gasteiger partial charge in [0.25, 0.3) is 21.7 Å². The SMILES string of the molecule is NC(N)=Nc1nc(C2CCCC(Nc3c(NCCCCNc4c(NC5CCCC(c6csc(N=C(N)N)n6)C5)c(=O)c4=O)c(=O)c3=O)C2)cs1. The molecule has 0 aliphatic heterocycles. The van der Waals surface area contributed by atoms with Crippen molar-refractivity contribution in [2.24, 2.45) is 32.9 Å². The number of aromatic nitrogens is 2. The molecule has 2 aliphatic carbocycles. The lowest BCUT2D eigenvalue weighted by atomic mass is 9.84. The van der Waals surface area contributed by atoms with Gasteiger partial charge in [0.15, 0.2) is 11.9 Å². The third-order valence-corrected chi connectivity index (χ3v) is 10.9. The molecule has 50 heavy (non-hydrogen) atoms. The number of hydrogen-bond donors (Lipinski definition) is 8. The van der Waals surface area contributed by atoms with Gasteiger partial charge in [-0.05, 0) is 51.4 Å². The van der Waals surface area contributed by atoms with E-state index in [9.17, 15) is 19.2 Å². The van der Waals surface area contributed by atoms with Crippen molar-refractivity contribution in [3.8, 4) is 0 Å². The molecular weight excluding hydrogens is 681 g/mol. The largest absolute Gasteiger partial charge is 0.380 e. The topological polar surface area (TPSA) is 271 Å². The van der Waals surface area contributed by atoms with Gasteiger partial charge in [0.1, 0.15) is 22.7 Å². The molecule has 16 nitrogen and oxygen atoms in total. The molecular formula is C32H42N12O4S2. The average Bonchev–Trinajstić information content (AvgIpc) is 3.77. The van der Waals surface area contributed by atoms with E-state index in [0.29, 0.717) is 58.9 Å². The van der Waals surface area contributed by atoms with Crippen LogP contribution in [0, 0.1) is 0 Å². The van der Waals surface area contributed by atoms with Crippen LogP contribution in [0.1, 0.15) is 87.4 Å². The average molecular weight is 723 g/mol. The monoisotopic (exact) mass is 722 g/mol. The van der Waals surface area contributed by atoms with Gasteiger partial charge in [0, 0.05) is 47.8 Å². The van der Waals surface area contributed by atoms with Gasteiger partial charge in [-0.25, -0.2) is 9.97 Å². The Morgan fingerprint density at radius 1 is 0.640 bits per heavy atom. The first kappa shape index (κ1) is 35.0. The number of nitrogens with zero attached hydrogens (tertiary/aromatic N) is 4. The molecule has 2 heterocycles. The van der Waals surface area contributed by atoms with Crippen LogP contribution in [-0.2, 0) is 0 Å². The van der Waals surface area contributed by atoms with Gasteiger partial charge in [-0.1, -0.05) is 12.8 Å². The highest BCUT2D eigenvalue weighted by Gasteiger charge is 2.30. The number of guanidine groups is 2. The smallest absolute Gasteiger partial charge is 0.253 e. The molecule has 2 fully saturated rings. The van der Waals surface area contributed by atoms with Crippen LogP contribution in [0.5, 0.6) is 0 Å². The molecule has 4 unspecified atom stereocenters. The molecule has 0 spiro atoms. The summed E-state index contributed by atoms with van der Waals surface area (Å²) >= 11 is 2.77. The minimum Gasteiger partial charge on any atom is -0.380 e. The summed E-state index contributed by atoms with van der Waals surface area (Å²) in [5, 5.41) is 17.8. The highest BCUT2D eigenvalue weighted by molar-refractivity contribution is 7.13. The van der Waals surface area contributed by atoms with E-state index >= 15 is 0 Å². The number of aliphatic imine (C=N–C) groups is 2. The highest BCUT2D eigenvalue weighted by Crippen LogP contribution is 2.38. The molecule has 4 aromatic rings. The second-order valence-electron chi connectivity index (χ2n) is 13.0. The van der Waals surface area contributed by atoms with Crippen LogP contribution in [-0.4, -0.2) is 47.1 Å². The fraction of sp³-hybridized carbons (Fsp3) is 0.500. The molecule has 2 aliphatic rings. The molecule has 0 radical (unpaired) electrons. The van der Waals surface area contributed by atoms with E-state index < -0.39 is 21.7 Å². The highest BCUT2D eigenvalue weighted by atomic mass is 32.1. The lowest BCUT2D eigenvalue weighted by molar-refractivity contribution is 0.406. The molecule has 2 saturated carbocycles. The van der Waals surface area contributed by atoms with Crippen LogP contribution in [0.3, 0.4) is 0 Å². The molecule has 12 N–H and O–H groups in total. The molecule has 2 aromatic carbocycles. The van der Waals surface area contributed by atoms with Crippen LogP contribution in [0.15, 0.2) is 39.9 Å². The molecule has 2 aromatic heterocycles. The Kier molecular flexibility index (Phi) is 10.8. The molecule has 6 rings (SSSR count). The third-order valence-electron chi connectivity index (χ3n) is 9.38. The number of anilines is 4. The molecule has 266 valence electrons. The van der Waals surface area contributed by atoms with E-state index in [-0.39, 0.29) is 35.8 Å². The lowest BCUT2D eigenvalue weighted by Crippen LogP contribution is -2.41. The van der Waals surface area contributed by atoms with Gasteiger partial charge in [-0.2, -0.15) is 9.98 Å². The summed E-state index contributed by atoms with van der Waals surface area (Å²) in [6.07, 6.45) is 8.53. The summed E-state index contributed by atoms with van der Waals surface area (Å²) < 4.78 is 0. The molecule has 0 bridgehead atoms. The van der Waals surface area contributed by atoms with E-state index in [1.54, 1.807) is 0 Å². The van der Waals surface area contributed by atoms with Crippen molar-refractivity contribution in [3.05, 3.63) is 63.0 Å². The summed E-state index contributed by atoms with van der Waals surface area (Å²) in [4.78, 5) is 66.8. The van der Waals surface area contributed by atoms with E-state index in [0.717, 1.165) is 62.8 Å². The van der Waals surface area contributed by atoms with E-state index in [1.807, 2.05) is 10.8 Å². The maximum atomic E-state index is 12.5. The number of hydrogen-bond acceptors (Lipinski definition) is 14. The second kappa shape index (κ2) is 15.4. The Hall–Kier alpha value is -4.84. The van der Waals surface area contributed by atoms with Crippen molar-refractivity contribution in [1.82, 2.24) is 9.97 Å². The zero-order valence-electron chi connectivity index (χ0n) is 27.5. The zero-order valence-corrected chi connectivity index (χ0v) is 29.1. The maximum absolute atomic E-state index is 12.5. The minimum absolute atomic E-state index is 0.0319. The Morgan fingerprint density at radius 2 is 1.04 bits per heavy atom. The summed E-state index contributed by atoms with van der Waals surface area (Å²) in [7, 11) is 0. The van der Waals surface area contributed by atoms with Crippen molar-refractivity contribution in [2.75, 3.05) is 34.4 Å².